The van der Waals surface area contributed by atoms with Gasteiger partial charge in [-0.05, 0) is 31.0 Å². The van der Waals surface area contributed by atoms with Crippen molar-refractivity contribution in [3.8, 4) is 0 Å². The Morgan fingerprint density at radius 3 is 2.69 bits per heavy atom. The van der Waals surface area contributed by atoms with Crippen molar-refractivity contribution in [1.29, 1.82) is 0 Å². The predicted octanol–water partition coefficient (Wildman–Crippen LogP) is 2.95. The summed E-state index contributed by atoms with van der Waals surface area (Å²) in [5.74, 6) is 0. The average Bonchev–Trinajstić information content (AvgIpc) is 2.52. The van der Waals surface area contributed by atoms with E-state index in [2.05, 4.69) is 4.90 Å². The van der Waals surface area contributed by atoms with Gasteiger partial charge in [-0.2, -0.15) is 0 Å². The zero-order chi connectivity index (χ0) is 11.8. The highest BCUT2D eigenvalue weighted by Crippen LogP contribution is 2.26. The molecular weight excluding hydrogens is 245 g/mol. The number of aliphatic hydroxyl groups is 1. The summed E-state index contributed by atoms with van der Waals surface area (Å²) in [4.78, 5) is 2.22. The summed E-state index contributed by atoms with van der Waals surface area (Å²) in [5.41, 5.74) is 0.586. The summed E-state index contributed by atoms with van der Waals surface area (Å²) in [6, 6.07) is 5.67. The molecule has 1 atom stereocenters. The van der Waals surface area contributed by atoms with Crippen LogP contribution < -0.4 is 0 Å². The molecule has 1 fully saturated rings. The largest absolute Gasteiger partial charge is 0.389 e. The third-order valence-electron chi connectivity index (χ3n) is 2.92. The van der Waals surface area contributed by atoms with Crippen molar-refractivity contribution in [3.63, 3.8) is 0 Å². The van der Waals surface area contributed by atoms with Crippen molar-refractivity contribution in [2.75, 3.05) is 13.1 Å². The third kappa shape index (κ3) is 2.89. The highest BCUT2D eigenvalue weighted by atomic mass is 35.5. The van der Waals surface area contributed by atoms with E-state index in [1.165, 1.54) is 0 Å². The molecule has 0 aliphatic carbocycles. The fourth-order valence-corrected chi connectivity index (χ4v) is 2.39. The van der Waals surface area contributed by atoms with E-state index in [-0.39, 0.29) is 0 Å². The first-order valence-corrected chi connectivity index (χ1v) is 6.10. The molecule has 1 aromatic rings. The Balaban J connectivity index is 2.02. The van der Waals surface area contributed by atoms with Gasteiger partial charge in [0.05, 0.1) is 15.6 Å². The number of β-amino-alcohol motifs (C(OH)–C–C–N with tert-alkyl or cyclic N) is 1. The van der Waals surface area contributed by atoms with Crippen LogP contribution in [0.4, 0.5) is 0 Å². The fourth-order valence-electron chi connectivity index (χ4n) is 2.07. The molecule has 0 spiro atoms. The molecule has 88 valence electrons. The van der Waals surface area contributed by atoms with Crippen molar-refractivity contribution in [3.05, 3.63) is 33.8 Å². The third-order valence-corrected chi connectivity index (χ3v) is 3.66. The number of halogens is 2. The molecule has 2 rings (SSSR count). The van der Waals surface area contributed by atoms with Gasteiger partial charge in [-0.3, -0.25) is 4.90 Å². The number of hydrogen-bond donors (Lipinski definition) is 1. The van der Waals surface area contributed by atoms with Gasteiger partial charge in [-0.25, -0.2) is 0 Å². The lowest BCUT2D eigenvalue weighted by Gasteiger charge is -2.18. The molecule has 0 amide bonds. The van der Waals surface area contributed by atoms with Crippen LogP contribution >= 0.6 is 23.2 Å². The molecular formula is C12H15Cl2NO. The molecule has 4 heteroatoms. The van der Waals surface area contributed by atoms with E-state index in [9.17, 15) is 5.11 Å². The van der Waals surface area contributed by atoms with Crippen molar-refractivity contribution in [1.82, 2.24) is 4.90 Å². The lowest BCUT2D eigenvalue weighted by Crippen LogP contribution is -2.29. The van der Waals surface area contributed by atoms with Gasteiger partial charge in [-0.1, -0.05) is 29.3 Å². The van der Waals surface area contributed by atoms with Crippen LogP contribution in [0.15, 0.2) is 18.2 Å². The smallest absolute Gasteiger partial charge is 0.0758 e. The number of benzene rings is 1. The summed E-state index contributed by atoms with van der Waals surface area (Å²) in [6.07, 6.45) is 0.828. The standard InChI is InChI=1S/C12H15Cl2NO/c1-12(16)4-5-15(8-12)7-9-2-3-10(13)11(14)6-9/h2-3,6,16H,4-5,7-8H2,1H3. The van der Waals surface area contributed by atoms with Crippen LogP contribution in [-0.2, 0) is 6.54 Å². The Bertz CT molecular complexity index is 393. The topological polar surface area (TPSA) is 23.5 Å². The molecule has 0 aromatic heterocycles. The Labute approximate surface area is 106 Å². The molecule has 1 aromatic carbocycles. The highest BCUT2D eigenvalue weighted by Gasteiger charge is 2.30. The first-order valence-electron chi connectivity index (χ1n) is 5.35. The summed E-state index contributed by atoms with van der Waals surface area (Å²) in [5, 5.41) is 11.0. The summed E-state index contributed by atoms with van der Waals surface area (Å²) < 4.78 is 0. The quantitative estimate of drug-likeness (QED) is 0.883. The zero-order valence-electron chi connectivity index (χ0n) is 9.21. The van der Waals surface area contributed by atoms with E-state index in [0.717, 1.165) is 25.1 Å². The number of rotatable bonds is 2. The maximum absolute atomic E-state index is 9.85. The lowest BCUT2D eigenvalue weighted by molar-refractivity contribution is 0.0679. The van der Waals surface area contributed by atoms with Crippen LogP contribution in [-0.4, -0.2) is 28.7 Å². The predicted molar refractivity (Wildman–Crippen MR) is 67.0 cm³/mol. The van der Waals surface area contributed by atoms with Crippen LogP contribution in [0.1, 0.15) is 18.9 Å². The number of nitrogens with zero attached hydrogens (tertiary/aromatic N) is 1. The monoisotopic (exact) mass is 259 g/mol. The first-order chi connectivity index (χ1) is 7.46. The minimum absolute atomic E-state index is 0.545. The second-order valence-corrected chi connectivity index (χ2v) is 5.52. The highest BCUT2D eigenvalue weighted by molar-refractivity contribution is 6.42. The number of likely N-dealkylation sites (tertiary alicyclic amines) is 1. The van der Waals surface area contributed by atoms with Crippen molar-refractivity contribution < 1.29 is 5.11 Å². The fraction of sp³-hybridized carbons (Fsp3) is 0.500. The van der Waals surface area contributed by atoms with Gasteiger partial charge in [0.15, 0.2) is 0 Å². The normalized spacial score (nSPS) is 26.2. The Morgan fingerprint density at radius 2 is 2.12 bits per heavy atom. The second kappa shape index (κ2) is 4.53. The minimum Gasteiger partial charge on any atom is -0.389 e. The molecule has 1 aliphatic heterocycles. The molecule has 0 bridgehead atoms. The second-order valence-electron chi connectivity index (χ2n) is 4.71. The first kappa shape index (κ1) is 12.2. The average molecular weight is 260 g/mol. The SMILES string of the molecule is CC1(O)CCN(Cc2ccc(Cl)c(Cl)c2)C1. The van der Waals surface area contributed by atoms with E-state index in [1.807, 2.05) is 25.1 Å². The van der Waals surface area contributed by atoms with Gasteiger partial charge in [0, 0.05) is 19.6 Å². The van der Waals surface area contributed by atoms with Crippen LogP contribution in [0.5, 0.6) is 0 Å². The van der Waals surface area contributed by atoms with Crippen molar-refractivity contribution in [2.24, 2.45) is 0 Å². The molecule has 1 unspecified atom stereocenters. The van der Waals surface area contributed by atoms with Crippen LogP contribution in [0.3, 0.4) is 0 Å². The molecule has 2 nitrogen and oxygen atoms in total. The van der Waals surface area contributed by atoms with Gasteiger partial charge in [0.2, 0.25) is 0 Å². The van der Waals surface area contributed by atoms with Crippen LogP contribution in [0.2, 0.25) is 10.0 Å². The van der Waals surface area contributed by atoms with Crippen LogP contribution in [0.25, 0.3) is 0 Å². The maximum atomic E-state index is 9.85. The minimum atomic E-state index is -0.545. The van der Waals surface area contributed by atoms with Gasteiger partial charge >= 0.3 is 0 Å². The zero-order valence-corrected chi connectivity index (χ0v) is 10.7. The molecule has 0 radical (unpaired) electrons. The summed E-state index contributed by atoms with van der Waals surface area (Å²) >= 11 is 11.8. The molecule has 1 heterocycles. The van der Waals surface area contributed by atoms with E-state index in [1.54, 1.807) is 0 Å². The maximum Gasteiger partial charge on any atom is 0.0758 e. The van der Waals surface area contributed by atoms with Crippen molar-refractivity contribution in [2.45, 2.75) is 25.5 Å². The molecule has 1 saturated heterocycles. The van der Waals surface area contributed by atoms with E-state index < -0.39 is 5.60 Å². The molecule has 16 heavy (non-hydrogen) atoms. The number of hydrogen-bond acceptors (Lipinski definition) is 2. The van der Waals surface area contributed by atoms with Gasteiger partial charge in [0.1, 0.15) is 0 Å². The van der Waals surface area contributed by atoms with Gasteiger partial charge in [-0.15, -0.1) is 0 Å². The van der Waals surface area contributed by atoms with E-state index >= 15 is 0 Å². The van der Waals surface area contributed by atoms with Crippen LogP contribution in [0, 0.1) is 0 Å². The van der Waals surface area contributed by atoms with E-state index in [0.29, 0.717) is 16.6 Å². The van der Waals surface area contributed by atoms with E-state index in [4.69, 9.17) is 23.2 Å². The van der Waals surface area contributed by atoms with Gasteiger partial charge in [0.25, 0.3) is 0 Å². The molecule has 0 saturated carbocycles. The Kier molecular flexibility index (Phi) is 3.45. The molecule has 1 aliphatic rings. The van der Waals surface area contributed by atoms with Gasteiger partial charge < -0.3 is 5.11 Å². The summed E-state index contributed by atoms with van der Waals surface area (Å²) in [7, 11) is 0. The molecule has 1 N–H and O–H groups in total. The Hall–Kier alpha value is -0.280. The lowest BCUT2D eigenvalue weighted by atomic mass is 10.1. The van der Waals surface area contributed by atoms with Crippen molar-refractivity contribution >= 4 is 23.2 Å². The summed E-state index contributed by atoms with van der Waals surface area (Å²) in [6.45, 7) is 4.33. The Morgan fingerprint density at radius 1 is 1.38 bits per heavy atom.